The lowest BCUT2D eigenvalue weighted by molar-refractivity contribution is 0.427. The van der Waals surface area contributed by atoms with Gasteiger partial charge in [0.2, 0.25) is 21.8 Å². The van der Waals surface area contributed by atoms with E-state index < -0.39 is 10.0 Å². The molecule has 0 atom stereocenters. The van der Waals surface area contributed by atoms with Crippen LogP contribution in [0.2, 0.25) is 5.02 Å². The molecular weight excluding hydrogens is 314 g/mol. The van der Waals surface area contributed by atoms with Gasteiger partial charge in [0.1, 0.15) is 0 Å². The van der Waals surface area contributed by atoms with Crippen molar-refractivity contribution in [1.29, 1.82) is 0 Å². The van der Waals surface area contributed by atoms with Crippen LogP contribution in [0.3, 0.4) is 0 Å². The van der Waals surface area contributed by atoms with E-state index in [0.29, 0.717) is 16.5 Å². The fraction of sp³-hybridized carbons (Fsp3) is 0.385. The SMILES string of the molecule is CC(C)c1nnc(CNS(=O)(=O)Cc2ccc(Cl)cc2)o1. The van der Waals surface area contributed by atoms with Crippen LogP contribution in [0.25, 0.3) is 0 Å². The molecule has 0 amide bonds. The summed E-state index contributed by atoms with van der Waals surface area (Å²) < 4.78 is 31.7. The molecule has 0 aliphatic heterocycles. The monoisotopic (exact) mass is 329 g/mol. The summed E-state index contributed by atoms with van der Waals surface area (Å²) in [6.07, 6.45) is 0. The molecule has 2 rings (SSSR count). The van der Waals surface area contributed by atoms with Gasteiger partial charge in [-0.2, -0.15) is 0 Å². The molecule has 2 aromatic rings. The van der Waals surface area contributed by atoms with Crippen LogP contribution in [-0.2, 0) is 22.3 Å². The molecule has 6 nitrogen and oxygen atoms in total. The summed E-state index contributed by atoms with van der Waals surface area (Å²) >= 11 is 5.76. The third-order valence-corrected chi connectivity index (χ3v) is 4.24. The Morgan fingerprint density at radius 2 is 1.90 bits per heavy atom. The zero-order valence-electron chi connectivity index (χ0n) is 11.7. The van der Waals surface area contributed by atoms with E-state index in [9.17, 15) is 8.42 Å². The minimum atomic E-state index is -3.48. The molecule has 0 bridgehead atoms. The van der Waals surface area contributed by atoms with Crippen molar-refractivity contribution >= 4 is 21.6 Å². The molecule has 21 heavy (non-hydrogen) atoms. The Labute approximate surface area is 128 Å². The van der Waals surface area contributed by atoms with Crippen molar-refractivity contribution < 1.29 is 12.8 Å². The van der Waals surface area contributed by atoms with E-state index >= 15 is 0 Å². The summed E-state index contributed by atoms with van der Waals surface area (Å²) in [6, 6.07) is 6.65. The highest BCUT2D eigenvalue weighted by atomic mass is 35.5. The lowest BCUT2D eigenvalue weighted by Crippen LogP contribution is -2.24. The van der Waals surface area contributed by atoms with E-state index in [1.165, 1.54) is 0 Å². The van der Waals surface area contributed by atoms with Crippen LogP contribution in [0.4, 0.5) is 0 Å². The van der Waals surface area contributed by atoms with Crippen molar-refractivity contribution in [3.8, 4) is 0 Å². The average molecular weight is 330 g/mol. The number of nitrogens with one attached hydrogen (secondary N) is 1. The second-order valence-electron chi connectivity index (χ2n) is 4.90. The molecule has 8 heteroatoms. The second-order valence-corrected chi connectivity index (χ2v) is 7.14. The molecule has 0 unspecified atom stereocenters. The molecule has 1 N–H and O–H groups in total. The predicted octanol–water partition coefficient (Wildman–Crippen LogP) is 2.47. The van der Waals surface area contributed by atoms with Gasteiger partial charge in [0.15, 0.2) is 0 Å². The Balaban J connectivity index is 1.95. The maximum absolute atomic E-state index is 12.0. The molecule has 0 fully saturated rings. The van der Waals surface area contributed by atoms with Gasteiger partial charge < -0.3 is 4.42 Å². The van der Waals surface area contributed by atoms with Gasteiger partial charge in [-0.15, -0.1) is 10.2 Å². The number of rotatable bonds is 6. The van der Waals surface area contributed by atoms with Crippen LogP contribution in [0.1, 0.15) is 37.1 Å². The van der Waals surface area contributed by atoms with Gasteiger partial charge in [0, 0.05) is 10.9 Å². The molecule has 0 saturated heterocycles. The second kappa shape index (κ2) is 6.55. The van der Waals surface area contributed by atoms with E-state index in [4.69, 9.17) is 16.0 Å². The fourth-order valence-corrected chi connectivity index (χ4v) is 2.80. The predicted molar refractivity (Wildman–Crippen MR) is 79.3 cm³/mol. The van der Waals surface area contributed by atoms with Gasteiger partial charge in [-0.1, -0.05) is 37.6 Å². The molecule has 0 aliphatic rings. The Kier molecular flexibility index (Phi) is 4.97. The largest absolute Gasteiger partial charge is 0.424 e. The minimum absolute atomic E-state index is 0.0182. The van der Waals surface area contributed by atoms with Gasteiger partial charge in [-0.3, -0.25) is 0 Å². The van der Waals surface area contributed by atoms with Crippen LogP contribution in [0.15, 0.2) is 28.7 Å². The van der Waals surface area contributed by atoms with Crippen molar-refractivity contribution in [2.24, 2.45) is 0 Å². The maximum Gasteiger partial charge on any atom is 0.231 e. The highest BCUT2D eigenvalue weighted by Gasteiger charge is 2.15. The topological polar surface area (TPSA) is 85.1 Å². The standard InChI is InChI=1S/C13H16ClN3O3S/c1-9(2)13-17-16-12(20-13)7-15-21(18,19)8-10-3-5-11(14)6-4-10/h3-6,9,15H,7-8H2,1-2H3. The smallest absolute Gasteiger partial charge is 0.231 e. The van der Waals surface area contributed by atoms with Gasteiger partial charge in [-0.25, -0.2) is 13.1 Å². The molecule has 1 heterocycles. The summed E-state index contributed by atoms with van der Waals surface area (Å²) in [5.41, 5.74) is 0.653. The van der Waals surface area contributed by atoms with Crippen molar-refractivity contribution in [3.05, 3.63) is 46.6 Å². The third kappa shape index (κ3) is 4.80. The van der Waals surface area contributed by atoms with Crippen LogP contribution >= 0.6 is 11.6 Å². The van der Waals surface area contributed by atoms with E-state index in [2.05, 4.69) is 14.9 Å². The van der Waals surface area contributed by atoms with Crippen molar-refractivity contribution in [2.45, 2.75) is 32.1 Å². The molecule has 0 radical (unpaired) electrons. The number of aromatic nitrogens is 2. The number of nitrogens with zero attached hydrogens (tertiary/aromatic N) is 2. The highest BCUT2D eigenvalue weighted by molar-refractivity contribution is 7.88. The molecule has 0 saturated carbocycles. The van der Waals surface area contributed by atoms with E-state index in [-0.39, 0.29) is 24.1 Å². The van der Waals surface area contributed by atoms with Crippen LogP contribution in [0, 0.1) is 0 Å². The average Bonchev–Trinajstić information content (AvgIpc) is 2.88. The third-order valence-electron chi connectivity index (χ3n) is 2.69. The van der Waals surface area contributed by atoms with E-state index in [0.717, 1.165) is 0 Å². The lowest BCUT2D eigenvalue weighted by atomic mass is 10.2. The quantitative estimate of drug-likeness (QED) is 0.880. The van der Waals surface area contributed by atoms with Crippen molar-refractivity contribution in [2.75, 3.05) is 0 Å². The number of sulfonamides is 1. The summed E-state index contributed by atoms with van der Waals surface area (Å²) in [4.78, 5) is 0. The zero-order valence-corrected chi connectivity index (χ0v) is 13.3. The molecule has 0 aliphatic carbocycles. The van der Waals surface area contributed by atoms with Gasteiger partial charge in [0.25, 0.3) is 0 Å². The Bertz CT molecular complexity index is 696. The Hall–Kier alpha value is -1.44. The Morgan fingerprint density at radius 1 is 1.24 bits per heavy atom. The van der Waals surface area contributed by atoms with E-state index in [1.54, 1.807) is 24.3 Å². The first-order chi connectivity index (χ1) is 9.85. The lowest BCUT2D eigenvalue weighted by Gasteiger charge is -2.05. The summed E-state index contributed by atoms with van der Waals surface area (Å²) in [6.45, 7) is 3.82. The highest BCUT2D eigenvalue weighted by Crippen LogP contribution is 2.13. The van der Waals surface area contributed by atoms with Crippen LogP contribution < -0.4 is 4.72 Å². The number of hydrogen-bond donors (Lipinski definition) is 1. The molecular formula is C13H16ClN3O3S. The van der Waals surface area contributed by atoms with Crippen molar-refractivity contribution in [1.82, 2.24) is 14.9 Å². The minimum Gasteiger partial charge on any atom is -0.424 e. The maximum atomic E-state index is 12.0. The molecule has 1 aromatic carbocycles. The molecule has 0 spiro atoms. The van der Waals surface area contributed by atoms with Gasteiger partial charge in [-0.05, 0) is 17.7 Å². The van der Waals surface area contributed by atoms with E-state index in [1.807, 2.05) is 13.8 Å². The van der Waals surface area contributed by atoms with Crippen molar-refractivity contribution in [3.63, 3.8) is 0 Å². The first-order valence-electron chi connectivity index (χ1n) is 6.40. The summed E-state index contributed by atoms with van der Waals surface area (Å²) in [5.74, 6) is 0.715. The zero-order chi connectivity index (χ0) is 15.5. The van der Waals surface area contributed by atoms with Gasteiger partial charge >= 0.3 is 0 Å². The normalized spacial score (nSPS) is 12.0. The number of hydrogen-bond acceptors (Lipinski definition) is 5. The van der Waals surface area contributed by atoms with Crippen LogP contribution in [-0.4, -0.2) is 18.6 Å². The Morgan fingerprint density at radius 3 is 2.48 bits per heavy atom. The summed E-state index contributed by atoms with van der Waals surface area (Å²) in [5, 5.41) is 8.21. The first-order valence-corrected chi connectivity index (χ1v) is 8.43. The number of benzene rings is 1. The molecule has 114 valence electrons. The van der Waals surface area contributed by atoms with Crippen LogP contribution in [0.5, 0.6) is 0 Å². The number of halogens is 1. The summed E-state index contributed by atoms with van der Waals surface area (Å²) in [7, 11) is -3.48. The fourth-order valence-electron chi connectivity index (χ4n) is 1.59. The molecule has 1 aromatic heterocycles. The first kappa shape index (κ1) is 15.9. The van der Waals surface area contributed by atoms with Gasteiger partial charge in [0.05, 0.1) is 12.3 Å².